The van der Waals surface area contributed by atoms with Crippen LogP contribution in [0, 0.1) is 5.92 Å². The highest BCUT2D eigenvalue weighted by atomic mass is 32.1. The molecule has 0 unspecified atom stereocenters. The quantitative estimate of drug-likeness (QED) is 0.646. The van der Waals surface area contributed by atoms with E-state index in [1.807, 2.05) is 16.8 Å². The number of hydrogen-bond donors (Lipinski definition) is 1. The summed E-state index contributed by atoms with van der Waals surface area (Å²) in [5.41, 5.74) is 2.04. The summed E-state index contributed by atoms with van der Waals surface area (Å²) in [6.45, 7) is 1.91. The van der Waals surface area contributed by atoms with Crippen molar-refractivity contribution in [2.75, 3.05) is 6.61 Å². The summed E-state index contributed by atoms with van der Waals surface area (Å²) in [5, 5.41) is 6.72. The smallest absolute Gasteiger partial charge is 0.317 e. The van der Waals surface area contributed by atoms with Gasteiger partial charge in [-0.25, -0.2) is 0 Å². The molecule has 2 aromatic heterocycles. The Morgan fingerprint density at radius 3 is 2.85 bits per heavy atom. The molecule has 0 saturated heterocycles. The number of esters is 1. The molecule has 1 aliphatic carbocycles. The van der Waals surface area contributed by atoms with Crippen molar-refractivity contribution in [3.05, 3.63) is 57.8 Å². The first-order valence-electron chi connectivity index (χ1n) is 8.89. The largest absolute Gasteiger partial charge is 0.469 e. The second kappa shape index (κ2) is 7.15. The highest BCUT2D eigenvalue weighted by molar-refractivity contribution is 7.08. The van der Waals surface area contributed by atoms with Gasteiger partial charge >= 0.3 is 5.97 Å². The molecule has 0 bridgehead atoms. The Labute approximate surface area is 160 Å². The van der Waals surface area contributed by atoms with Crippen LogP contribution >= 0.6 is 11.3 Å². The molecule has 3 heterocycles. The van der Waals surface area contributed by atoms with Gasteiger partial charge in [-0.2, -0.15) is 11.3 Å². The SMILES string of the molecule is CCOC(=O)[C@@H]1C(=O)C2=C(C[C@H]1c1ccco1)NC(=O)C[C@@H]2c1ccsc1. The minimum Gasteiger partial charge on any atom is -0.469 e. The molecule has 0 aromatic carbocycles. The average Bonchev–Trinajstić information content (AvgIpc) is 3.34. The van der Waals surface area contributed by atoms with Crippen LogP contribution in [0.2, 0.25) is 0 Å². The molecular weight excluding hydrogens is 366 g/mol. The number of carbonyl (C=O) groups excluding carboxylic acids is 3. The predicted molar refractivity (Wildman–Crippen MR) is 98.0 cm³/mol. The lowest BCUT2D eigenvalue weighted by atomic mass is 9.69. The minimum absolute atomic E-state index is 0.120. The number of allylic oxidation sites excluding steroid dienone is 2. The normalized spacial score (nSPS) is 25.1. The third kappa shape index (κ3) is 3.12. The van der Waals surface area contributed by atoms with E-state index in [0.717, 1.165) is 5.56 Å². The van der Waals surface area contributed by atoms with E-state index in [2.05, 4.69) is 5.32 Å². The molecule has 0 spiro atoms. The number of furan rings is 1. The van der Waals surface area contributed by atoms with Crippen LogP contribution in [0.15, 0.2) is 50.9 Å². The fourth-order valence-corrected chi connectivity index (χ4v) is 4.70. The van der Waals surface area contributed by atoms with E-state index >= 15 is 0 Å². The van der Waals surface area contributed by atoms with Crippen molar-refractivity contribution < 1.29 is 23.5 Å². The van der Waals surface area contributed by atoms with Crippen LogP contribution in [-0.4, -0.2) is 24.3 Å². The topological polar surface area (TPSA) is 85.6 Å². The summed E-state index contributed by atoms with van der Waals surface area (Å²) in [5.74, 6) is -2.20. The lowest BCUT2D eigenvalue weighted by Gasteiger charge is -2.36. The Morgan fingerprint density at radius 1 is 1.33 bits per heavy atom. The van der Waals surface area contributed by atoms with Crippen LogP contribution in [-0.2, 0) is 19.1 Å². The maximum atomic E-state index is 13.4. The van der Waals surface area contributed by atoms with Crippen molar-refractivity contribution in [1.82, 2.24) is 5.32 Å². The average molecular weight is 385 g/mol. The molecule has 0 radical (unpaired) electrons. The van der Waals surface area contributed by atoms with Crippen molar-refractivity contribution in [3.63, 3.8) is 0 Å². The lowest BCUT2D eigenvalue weighted by Crippen LogP contribution is -2.44. The summed E-state index contributed by atoms with van der Waals surface area (Å²) in [4.78, 5) is 38.4. The molecule has 1 aliphatic heterocycles. The Kier molecular flexibility index (Phi) is 4.70. The third-order valence-corrected chi connectivity index (χ3v) is 5.82. The number of ether oxygens (including phenoxy) is 1. The first-order chi connectivity index (χ1) is 13.1. The first-order valence-corrected chi connectivity index (χ1v) is 9.83. The van der Waals surface area contributed by atoms with Gasteiger partial charge < -0.3 is 14.5 Å². The van der Waals surface area contributed by atoms with Crippen molar-refractivity contribution in [1.29, 1.82) is 0 Å². The molecule has 2 aliphatic rings. The van der Waals surface area contributed by atoms with Gasteiger partial charge in [0.05, 0.1) is 12.9 Å². The van der Waals surface area contributed by atoms with Gasteiger partial charge in [0.2, 0.25) is 5.91 Å². The molecule has 0 saturated carbocycles. The van der Waals surface area contributed by atoms with Gasteiger partial charge in [-0.1, -0.05) is 0 Å². The van der Waals surface area contributed by atoms with Crippen molar-refractivity contribution in [3.8, 4) is 0 Å². The van der Waals surface area contributed by atoms with Gasteiger partial charge in [0, 0.05) is 29.5 Å². The molecule has 2 aromatic rings. The number of thiophene rings is 1. The van der Waals surface area contributed by atoms with Crippen LogP contribution < -0.4 is 5.32 Å². The molecule has 140 valence electrons. The van der Waals surface area contributed by atoms with Crippen LogP contribution in [0.1, 0.15) is 42.9 Å². The Bertz CT molecular complexity index is 897. The van der Waals surface area contributed by atoms with E-state index in [1.54, 1.807) is 19.1 Å². The fraction of sp³-hybridized carbons (Fsp3) is 0.350. The summed E-state index contributed by atoms with van der Waals surface area (Å²) >= 11 is 1.52. The summed E-state index contributed by atoms with van der Waals surface area (Å²) in [6, 6.07) is 5.39. The molecular formula is C20H19NO5S. The van der Waals surface area contributed by atoms with Crippen molar-refractivity contribution >= 4 is 29.0 Å². The van der Waals surface area contributed by atoms with Gasteiger partial charge in [0.1, 0.15) is 11.7 Å². The zero-order chi connectivity index (χ0) is 19.0. The molecule has 27 heavy (non-hydrogen) atoms. The summed E-state index contributed by atoms with van der Waals surface area (Å²) < 4.78 is 10.7. The highest BCUT2D eigenvalue weighted by Crippen LogP contribution is 2.46. The number of nitrogens with one attached hydrogen (secondary N) is 1. The fourth-order valence-electron chi connectivity index (χ4n) is 3.98. The number of amides is 1. The van der Waals surface area contributed by atoms with Gasteiger partial charge in [-0.15, -0.1) is 0 Å². The Balaban J connectivity index is 1.80. The molecule has 1 N–H and O–H groups in total. The van der Waals surface area contributed by atoms with Crippen LogP contribution in [0.4, 0.5) is 0 Å². The second-order valence-corrected chi connectivity index (χ2v) is 7.45. The second-order valence-electron chi connectivity index (χ2n) is 6.67. The maximum Gasteiger partial charge on any atom is 0.317 e. The number of carbonyl (C=O) groups is 3. The number of ketones is 1. The standard InChI is InChI=1S/C20H19NO5S/c1-2-25-20(24)18-13(15-4-3-6-26-15)8-14-17(19(18)23)12(9-16(22)21-14)11-5-7-27-10-11/h3-7,10,12-13,18H,2,8-9H2,1H3,(H,21,22)/t12-,13+,18+/m1/s1. The van der Waals surface area contributed by atoms with E-state index in [9.17, 15) is 14.4 Å². The number of rotatable bonds is 4. The Hall–Kier alpha value is -2.67. The van der Waals surface area contributed by atoms with Gasteiger partial charge in [0.25, 0.3) is 0 Å². The zero-order valence-corrected chi connectivity index (χ0v) is 15.6. The molecule has 3 atom stereocenters. The van der Waals surface area contributed by atoms with E-state index in [4.69, 9.17) is 9.15 Å². The molecule has 4 rings (SSSR count). The van der Waals surface area contributed by atoms with E-state index in [0.29, 0.717) is 23.5 Å². The van der Waals surface area contributed by atoms with Crippen molar-refractivity contribution in [2.45, 2.75) is 31.6 Å². The summed E-state index contributed by atoms with van der Waals surface area (Å²) in [7, 11) is 0. The maximum absolute atomic E-state index is 13.4. The molecule has 1 amide bonds. The van der Waals surface area contributed by atoms with Crippen LogP contribution in [0.5, 0.6) is 0 Å². The van der Waals surface area contributed by atoms with E-state index in [1.165, 1.54) is 17.6 Å². The van der Waals surface area contributed by atoms with Crippen LogP contribution in [0.3, 0.4) is 0 Å². The molecule has 0 fully saturated rings. The lowest BCUT2D eigenvalue weighted by molar-refractivity contribution is -0.152. The predicted octanol–water partition coefficient (Wildman–Crippen LogP) is 3.13. The van der Waals surface area contributed by atoms with Gasteiger partial charge in [-0.3, -0.25) is 14.4 Å². The monoisotopic (exact) mass is 385 g/mol. The third-order valence-electron chi connectivity index (χ3n) is 5.12. The van der Waals surface area contributed by atoms with E-state index in [-0.39, 0.29) is 30.6 Å². The zero-order valence-electron chi connectivity index (χ0n) is 14.8. The summed E-state index contributed by atoms with van der Waals surface area (Å²) in [6.07, 6.45) is 2.06. The van der Waals surface area contributed by atoms with Crippen molar-refractivity contribution in [2.24, 2.45) is 5.92 Å². The first kappa shape index (κ1) is 17.7. The van der Waals surface area contributed by atoms with E-state index < -0.39 is 17.8 Å². The Morgan fingerprint density at radius 2 is 2.19 bits per heavy atom. The van der Waals surface area contributed by atoms with Crippen LogP contribution in [0.25, 0.3) is 0 Å². The minimum atomic E-state index is -0.967. The molecule has 7 heteroatoms. The highest BCUT2D eigenvalue weighted by Gasteiger charge is 2.48. The van der Waals surface area contributed by atoms with Gasteiger partial charge in [0.15, 0.2) is 5.78 Å². The number of hydrogen-bond acceptors (Lipinski definition) is 6. The number of Topliss-reactive ketones (excluding diaryl/α,β-unsaturated/α-hetero) is 1. The van der Waals surface area contributed by atoms with Gasteiger partial charge in [-0.05, 0) is 47.9 Å². The molecule has 6 nitrogen and oxygen atoms in total.